The molecule has 33 heavy (non-hydrogen) atoms. The van der Waals surface area contributed by atoms with E-state index in [-0.39, 0.29) is 24.8 Å². The summed E-state index contributed by atoms with van der Waals surface area (Å²) in [4.78, 5) is 26.9. The number of amides is 2. The van der Waals surface area contributed by atoms with Gasteiger partial charge >= 0.3 is 0 Å². The van der Waals surface area contributed by atoms with Crippen molar-refractivity contribution in [1.29, 1.82) is 0 Å². The number of benzene rings is 2. The maximum absolute atomic E-state index is 13.1. The van der Waals surface area contributed by atoms with Gasteiger partial charge in [-0.25, -0.2) is 8.42 Å². The molecule has 0 aromatic heterocycles. The van der Waals surface area contributed by atoms with Gasteiger partial charge in [-0.3, -0.25) is 13.9 Å². The zero-order valence-electron chi connectivity index (χ0n) is 19.5. The fourth-order valence-corrected chi connectivity index (χ4v) is 4.79. The van der Waals surface area contributed by atoms with Crippen molar-refractivity contribution in [2.24, 2.45) is 0 Å². The Morgan fingerprint density at radius 1 is 1.09 bits per heavy atom. The molecule has 180 valence electrons. The summed E-state index contributed by atoms with van der Waals surface area (Å²) in [5, 5.41) is 3.03. The van der Waals surface area contributed by atoms with Crippen LogP contribution >= 0.6 is 11.6 Å². The number of hydrogen-bond acceptors (Lipinski definition) is 4. The van der Waals surface area contributed by atoms with Gasteiger partial charge in [0.1, 0.15) is 6.04 Å². The molecule has 0 bridgehead atoms. The zero-order valence-corrected chi connectivity index (χ0v) is 21.1. The van der Waals surface area contributed by atoms with Gasteiger partial charge in [-0.05, 0) is 49.9 Å². The number of nitrogens with one attached hydrogen (secondary N) is 1. The summed E-state index contributed by atoms with van der Waals surface area (Å²) in [5.74, 6) is -0.443. The summed E-state index contributed by atoms with van der Waals surface area (Å²) in [5.41, 5.74) is 2.34. The average Bonchev–Trinajstić information content (AvgIpc) is 2.77. The normalized spacial score (nSPS) is 12.2. The van der Waals surface area contributed by atoms with Crippen LogP contribution in [-0.4, -0.2) is 57.6 Å². The molecule has 2 rings (SSSR count). The smallest absolute Gasteiger partial charge is 0.242 e. The van der Waals surface area contributed by atoms with Crippen molar-refractivity contribution in [3.63, 3.8) is 0 Å². The number of anilines is 1. The highest BCUT2D eigenvalue weighted by Crippen LogP contribution is 2.26. The number of sulfonamides is 1. The van der Waals surface area contributed by atoms with E-state index in [0.29, 0.717) is 30.1 Å². The maximum Gasteiger partial charge on any atom is 0.242 e. The summed E-state index contributed by atoms with van der Waals surface area (Å²) in [7, 11) is -2.03. The summed E-state index contributed by atoms with van der Waals surface area (Å²) >= 11 is 6.08. The second-order valence-electron chi connectivity index (χ2n) is 7.98. The summed E-state index contributed by atoms with van der Waals surface area (Å²) < 4.78 is 26.1. The van der Waals surface area contributed by atoms with Crippen LogP contribution in [0.2, 0.25) is 5.02 Å². The highest BCUT2D eigenvalue weighted by Gasteiger charge is 2.26. The van der Waals surface area contributed by atoms with E-state index in [0.717, 1.165) is 17.4 Å². The maximum atomic E-state index is 13.1. The molecule has 0 aliphatic carbocycles. The van der Waals surface area contributed by atoms with Gasteiger partial charge in [0, 0.05) is 31.6 Å². The van der Waals surface area contributed by atoms with Gasteiger partial charge in [0.05, 0.1) is 11.9 Å². The van der Waals surface area contributed by atoms with E-state index in [9.17, 15) is 18.0 Å². The van der Waals surface area contributed by atoms with Gasteiger partial charge < -0.3 is 10.2 Å². The fourth-order valence-electron chi connectivity index (χ4n) is 3.61. The first-order valence-electron chi connectivity index (χ1n) is 10.8. The van der Waals surface area contributed by atoms with E-state index in [1.54, 1.807) is 30.0 Å². The van der Waals surface area contributed by atoms with Crippen LogP contribution in [0.5, 0.6) is 0 Å². The van der Waals surface area contributed by atoms with Crippen molar-refractivity contribution in [2.45, 2.75) is 39.2 Å². The fraction of sp³-hybridized carbons (Fsp3) is 0.417. The predicted octanol–water partition coefficient (Wildman–Crippen LogP) is 3.40. The lowest BCUT2D eigenvalue weighted by Gasteiger charge is -2.29. The third-order valence-corrected chi connectivity index (χ3v) is 6.90. The van der Waals surface area contributed by atoms with Gasteiger partial charge in [-0.15, -0.1) is 0 Å². The molecule has 2 amide bonds. The number of carbonyl (C=O) groups excluding carboxylic acids is 2. The Hall–Kier alpha value is -2.58. The molecule has 0 saturated heterocycles. The minimum Gasteiger partial charge on any atom is -0.357 e. The van der Waals surface area contributed by atoms with Crippen LogP contribution in [0.3, 0.4) is 0 Å². The van der Waals surface area contributed by atoms with E-state index in [4.69, 9.17) is 11.6 Å². The van der Waals surface area contributed by atoms with E-state index in [2.05, 4.69) is 5.32 Å². The van der Waals surface area contributed by atoms with E-state index < -0.39 is 16.1 Å². The highest BCUT2D eigenvalue weighted by atomic mass is 35.5. The van der Waals surface area contributed by atoms with Gasteiger partial charge in [0.15, 0.2) is 0 Å². The first-order chi connectivity index (χ1) is 15.5. The Morgan fingerprint density at radius 3 is 2.36 bits per heavy atom. The van der Waals surface area contributed by atoms with E-state index >= 15 is 0 Å². The molecular formula is C24H32ClN3O4S. The molecule has 1 unspecified atom stereocenters. The lowest BCUT2D eigenvalue weighted by Crippen LogP contribution is -2.48. The van der Waals surface area contributed by atoms with Crippen LogP contribution in [0.1, 0.15) is 30.9 Å². The summed E-state index contributed by atoms with van der Waals surface area (Å²) in [6.07, 6.45) is 2.17. The Bertz CT molecular complexity index is 1060. The quantitative estimate of drug-likeness (QED) is 0.519. The van der Waals surface area contributed by atoms with Crippen molar-refractivity contribution in [2.75, 3.05) is 30.7 Å². The predicted molar refractivity (Wildman–Crippen MR) is 133 cm³/mol. The third-order valence-electron chi connectivity index (χ3n) is 5.49. The zero-order chi connectivity index (χ0) is 24.6. The van der Waals surface area contributed by atoms with Gasteiger partial charge in [-0.1, -0.05) is 48.0 Å². The molecule has 9 heteroatoms. The molecular weight excluding hydrogens is 462 g/mol. The van der Waals surface area contributed by atoms with Crippen LogP contribution in [-0.2, 0) is 26.0 Å². The number of likely N-dealkylation sites (N-methyl/N-ethyl adjacent to an activating group) is 1. The van der Waals surface area contributed by atoms with Crippen molar-refractivity contribution in [1.82, 2.24) is 10.2 Å². The van der Waals surface area contributed by atoms with Crippen LogP contribution in [0.25, 0.3) is 0 Å². The van der Waals surface area contributed by atoms with Gasteiger partial charge in [0.25, 0.3) is 0 Å². The number of hydrogen-bond donors (Lipinski definition) is 1. The lowest BCUT2D eigenvalue weighted by molar-refractivity contribution is -0.139. The molecule has 0 fully saturated rings. The monoisotopic (exact) mass is 493 g/mol. The molecule has 0 heterocycles. The number of carbonyl (C=O) groups is 2. The molecule has 0 aliphatic rings. The Labute approximate surface area is 201 Å². The van der Waals surface area contributed by atoms with Crippen molar-refractivity contribution in [3.8, 4) is 0 Å². The van der Waals surface area contributed by atoms with Gasteiger partial charge in [-0.2, -0.15) is 0 Å². The Kier molecular flexibility index (Phi) is 9.73. The van der Waals surface area contributed by atoms with Crippen LogP contribution in [0.15, 0.2) is 48.5 Å². The van der Waals surface area contributed by atoms with Crippen molar-refractivity contribution < 1.29 is 18.0 Å². The SMILES string of the molecule is CNC(=O)C(C)N(CCc1ccccc1)C(=O)CCCN(c1cc(Cl)ccc1C)S(C)(=O)=O. The number of aryl methyl sites for hydroxylation is 1. The minimum absolute atomic E-state index is 0.113. The third kappa shape index (κ3) is 7.75. The van der Waals surface area contributed by atoms with Gasteiger partial charge in [0.2, 0.25) is 21.8 Å². The van der Waals surface area contributed by atoms with Crippen molar-refractivity contribution in [3.05, 3.63) is 64.7 Å². The molecule has 0 radical (unpaired) electrons. The molecule has 7 nitrogen and oxygen atoms in total. The topological polar surface area (TPSA) is 86.8 Å². The van der Waals surface area contributed by atoms with Crippen molar-refractivity contribution >= 4 is 39.1 Å². The molecule has 2 aromatic carbocycles. The Morgan fingerprint density at radius 2 is 1.76 bits per heavy atom. The highest BCUT2D eigenvalue weighted by molar-refractivity contribution is 7.92. The number of nitrogens with zero attached hydrogens (tertiary/aromatic N) is 2. The largest absolute Gasteiger partial charge is 0.357 e. The number of rotatable bonds is 11. The molecule has 0 aliphatic heterocycles. The average molecular weight is 494 g/mol. The molecule has 1 atom stereocenters. The second kappa shape index (κ2) is 12.0. The van der Waals surface area contributed by atoms with E-state index in [1.807, 2.05) is 37.3 Å². The lowest BCUT2D eigenvalue weighted by atomic mass is 10.1. The molecule has 0 saturated carbocycles. The van der Waals surface area contributed by atoms with Crippen LogP contribution < -0.4 is 9.62 Å². The minimum atomic E-state index is -3.57. The molecule has 2 aromatic rings. The Balaban J connectivity index is 2.11. The first kappa shape index (κ1) is 26.7. The molecule has 0 spiro atoms. The first-order valence-corrected chi connectivity index (χ1v) is 13.1. The summed E-state index contributed by atoms with van der Waals surface area (Å²) in [6, 6.07) is 14.2. The number of halogens is 1. The standard InChI is InChI=1S/C24H32ClN3O4S/c1-18-12-13-21(25)17-22(18)28(33(4,31)32)15-8-11-23(29)27(19(2)24(30)26-3)16-14-20-9-6-5-7-10-20/h5-7,9-10,12-13,17,19H,8,11,14-16H2,1-4H3,(H,26,30). The van der Waals surface area contributed by atoms with E-state index in [1.165, 1.54) is 11.4 Å². The second-order valence-corrected chi connectivity index (χ2v) is 10.3. The summed E-state index contributed by atoms with van der Waals surface area (Å²) in [6.45, 7) is 4.03. The van der Waals surface area contributed by atoms with Crippen LogP contribution in [0.4, 0.5) is 5.69 Å². The van der Waals surface area contributed by atoms with Crippen LogP contribution in [0, 0.1) is 6.92 Å². The molecule has 1 N–H and O–H groups in total.